The molecule has 0 saturated heterocycles. The SMILES string of the molecule is CCC(=O)C(OC(C)=O)C1C(C)(C)CCCC1(C)C(=O)CCC1=CCOC1=O. The normalized spacial score (nSPS) is 27.5. The number of hydrogen-bond donors (Lipinski definition) is 0. The van der Waals surface area contributed by atoms with E-state index in [1.807, 2.05) is 20.8 Å². The van der Waals surface area contributed by atoms with Gasteiger partial charge in [-0.2, -0.15) is 0 Å². The highest BCUT2D eigenvalue weighted by atomic mass is 16.5. The molecule has 0 radical (unpaired) electrons. The molecule has 3 unspecified atom stereocenters. The Labute approximate surface area is 167 Å². The molecule has 3 atom stereocenters. The minimum atomic E-state index is -0.928. The van der Waals surface area contributed by atoms with E-state index in [0.717, 1.165) is 12.8 Å². The molecule has 1 fully saturated rings. The Balaban J connectivity index is 2.33. The number of hydrogen-bond acceptors (Lipinski definition) is 6. The van der Waals surface area contributed by atoms with Crippen molar-refractivity contribution in [3.05, 3.63) is 11.6 Å². The Bertz CT molecular complexity index is 689. The van der Waals surface area contributed by atoms with E-state index in [2.05, 4.69) is 0 Å². The van der Waals surface area contributed by atoms with Crippen molar-refractivity contribution in [3.8, 4) is 0 Å². The molecule has 6 nitrogen and oxygen atoms in total. The highest BCUT2D eigenvalue weighted by Gasteiger charge is 2.56. The maximum Gasteiger partial charge on any atom is 0.334 e. The van der Waals surface area contributed by atoms with Crippen molar-refractivity contribution in [1.29, 1.82) is 0 Å². The number of esters is 2. The summed E-state index contributed by atoms with van der Waals surface area (Å²) >= 11 is 0. The Morgan fingerprint density at radius 3 is 2.46 bits per heavy atom. The van der Waals surface area contributed by atoms with Crippen LogP contribution >= 0.6 is 0 Å². The van der Waals surface area contributed by atoms with Gasteiger partial charge in [0, 0.05) is 36.7 Å². The number of carbonyl (C=O) groups excluding carboxylic acids is 4. The number of rotatable bonds is 8. The van der Waals surface area contributed by atoms with Crippen LogP contribution in [-0.4, -0.2) is 36.2 Å². The lowest BCUT2D eigenvalue weighted by Crippen LogP contribution is -2.55. The van der Waals surface area contributed by atoms with Crippen molar-refractivity contribution in [1.82, 2.24) is 0 Å². The highest BCUT2D eigenvalue weighted by Crippen LogP contribution is 2.54. The van der Waals surface area contributed by atoms with Crippen molar-refractivity contribution in [2.24, 2.45) is 16.7 Å². The van der Waals surface area contributed by atoms with Gasteiger partial charge in [-0.15, -0.1) is 0 Å². The Morgan fingerprint density at radius 1 is 1.25 bits per heavy atom. The lowest BCUT2D eigenvalue weighted by atomic mass is 9.52. The van der Waals surface area contributed by atoms with Gasteiger partial charge in [0.25, 0.3) is 0 Å². The van der Waals surface area contributed by atoms with E-state index < -0.39 is 23.4 Å². The molecule has 1 aliphatic carbocycles. The van der Waals surface area contributed by atoms with Crippen molar-refractivity contribution >= 4 is 23.5 Å². The molecule has 0 aromatic rings. The third-order valence-electron chi connectivity index (χ3n) is 6.37. The van der Waals surface area contributed by atoms with Gasteiger partial charge in [-0.05, 0) is 30.8 Å². The summed E-state index contributed by atoms with van der Waals surface area (Å²) in [7, 11) is 0. The maximum absolute atomic E-state index is 13.4. The predicted molar refractivity (Wildman–Crippen MR) is 103 cm³/mol. The molecule has 0 aromatic heterocycles. The average molecular weight is 392 g/mol. The standard InChI is InChI=1S/C22H32O6/c1-6-16(24)18(28-14(2)23)19-21(3,4)11-7-12-22(19,5)17(25)9-8-15-10-13-27-20(15)26/h10,18-19H,6-9,11-13H2,1-5H3. The number of cyclic esters (lactones) is 1. The predicted octanol–water partition coefficient (Wildman–Crippen LogP) is 3.56. The first-order valence-corrected chi connectivity index (χ1v) is 10.1. The monoisotopic (exact) mass is 392 g/mol. The lowest BCUT2D eigenvalue weighted by molar-refractivity contribution is -0.172. The fraction of sp³-hybridized carbons (Fsp3) is 0.727. The molecule has 2 aliphatic rings. The zero-order valence-corrected chi connectivity index (χ0v) is 17.6. The summed E-state index contributed by atoms with van der Waals surface area (Å²) in [5.74, 6) is -1.43. The third kappa shape index (κ3) is 4.53. The van der Waals surface area contributed by atoms with Gasteiger partial charge in [0.05, 0.1) is 0 Å². The molecule has 156 valence electrons. The average Bonchev–Trinajstić information content (AvgIpc) is 3.01. The molecule has 0 N–H and O–H groups in total. The molecule has 0 spiro atoms. The van der Waals surface area contributed by atoms with Gasteiger partial charge in [0.2, 0.25) is 0 Å². The van der Waals surface area contributed by atoms with Crippen LogP contribution in [-0.2, 0) is 28.7 Å². The number of ketones is 2. The van der Waals surface area contributed by atoms with Crippen LogP contribution in [0.4, 0.5) is 0 Å². The van der Waals surface area contributed by atoms with Gasteiger partial charge in [-0.1, -0.05) is 34.1 Å². The first-order valence-electron chi connectivity index (χ1n) is 10.1. The second-order valence-electron chi connectivity index (χ2n) is 8.84. The first kappa shape index (κ1) is 22.3. The molecule has 0 aromatic carbocycles. The minimum absolute atomic E-state index is 0.00642. The molecule has 1 saturated carbocycles. The molecule has 1 heterocycles. The fourth-order valence-electron chi connectivity index (χ4n) is 4.97. The zero-order valence-electron chi connectivity index (χ0n) is 17.6. The smallest absolute Gasteiger partial charge is 0.334 e. The van der Waals surface area contributed by atoms with Gasteiger partial charge in [-0.25, -0.2) is 4.79 Å². The summed E-state index contributed by atoms with van der Waals surface area (Å²) < 4.78 is 10.4. The number of carbonyl (C=O) groups is 4. The van der Waals surface area contributed by atoms with Crippen LogP contribution in [0.25, 0.3) is 0 Å². The van der Waals surface area contributed by atoms with Gasteiger partial charge < -0.3 is 9.47 Å². The summed E-state index contributed by atoms with van der Waals surface area (Å²) in [5.41, 5.74) is -0.598. The molecule has 0 bridgehead atoms. The van der Waals surface area contributed by atoms with E-state index in [1.54, 1.807) is 13.0 Å². The second-order valence-corrected chi connectivity index (χ2v) is 8.84. The van der Waals surface area contributed by atoms with E-state index >= 15 is 0 Å². The zero-order chi connectivity index (χ0) is 21.1. The molecule has 0 amide bonds. The fourth-order valence-corrected chi connectivity index (χ4v) is 4.97. The summed E-state index contributed by atoms with van der Waals surface area (Å²) in [4.78, 5) is 49.4. The van der Waals surface area contributed by atoms with E-state index in [0.29, 0.717) is 18.4 Å². The van der Waals surface area contributed by atoms with Crippen LogP contribution in [0.5, 0.6) is 0 Å². The van der Waals surface area contributed by atoms with Crippen LogP contribution in [0.15, 0.2) is 11.6 Å². The molecular formula is C22H32O6. The van der Waals surface area contributed by atoms with Crippen LogP contribution in [0, 0.1) is 16.7 Å². The first-order chi connectivity index (χ1) is 13.0. The molecule has 1 aliphatic heterocycles. The number of Topliss-reactive ketones (excluding diaryl/α,β-unsaturated/α-hetero) is 2. The van der Waals surface area contributed by atoms with E-state index in [1.165, 1.54) is 6.92 Å². The Kier molecular flexibility index (Phi) is 6.84. The summed E-state index contributed by atoms with van der Waals surface area (Å²) in [6.07, 6.45) is 3.92. The quantitative estimate of drug-likeness (QED) is 0.587. The summed E-state index contributed by atoms with van der Waals surface area (Å²) in [6.45, 7) is 9.27. The van der Waals surface area contributed by atoms with Crippen molar-refractivity contribution < 1.29 is 28.7 Å². The summed E-state index contributed by atoms with van der Waals surface area (Å²) in [5, 5.41) is 0. The van der Waals surface area contributed by atoms with Crippen LogP contribution < -0.4 is 0 Å². The van der Waals surface area contributed by atoms with Gasteiger partial charge in [0.1, 0.15) is 12.4 Å². The van der Waals surface area contributed by atoms with Crippen molar-refractivity contribution in [3.63, 3.8) is 0 Å². The molecule has 28 heavy (non-hydrogen) atoms. The van der Waals surface area contributed by atoms with Gasteiger partial charge in [-0.3, -0.25) is 14.4 Å². The topological polar surface area (TPSA) is 86.7 Å². The van der Waals surface area contributed by atoms with Crippen molar-refractivity contribution in [2.45, 2.75) is 79.2 Å². The van der Waals surface area contributed by atoms with Crippen LogP contribution in [0.2, 0.25) is 0 Å². The summed E-state index contributed by atoms with van der Waals surface area (Å²) in [6, 6.07) is 0. The maximum atomic E-state index is 13.4. The molecule has 6 heteroatoms. The van der Waals surface area contributed by atoms with E-state index in [4.69, 9.17) is 9.47 Å². The third-order valence-corrected chi connectivity index (χ3v) is 6.37. The Morgan fingerprint density at radius 2 is 1.93 bits per heavy atom. The highest BCUT2D eigenvalue weighted by molar-refractivity contribution is 5.93. The lowest BCUT2D eigenvalue weighted by Gasteiger charge is -2.52. The van der Waals surface area contributed by atoms with Crippen molar-refractivity contribution in [2.75, 3.05) is 6.61 Å². The molecular weight excluding hydrogens is 360 g/mol. The molecule has 2 rings (SSSR count). The number of ether oxygens (including phenoxy) is 2. The Hall–Kier alpha value is -1.98. The van der Waals surface area contributed by atoms with Crippen LogP contribution in [0.1, 0.15) is 73.1 Å². The van der Waals surface area contributed by atoms with Gasteiger partial charge in [0.15, 0.2) is 11.9 Å². The largest absolute Gasteiger partial charge is 0.458 e. The van der Waals surface area contributed by atoms with Crippen LogP contribution in [0.3, 0.4) is 0 Å². The van der Waals surface area contributed by atoms with E-state index in [-0.39, 0.29) is 42.4 Å². The second kappa shape index (κ2) is 8.58. The van der Waals surface area contributed by atoms with Gasteiger partial charge >= 0.3 is 11.9 Å². The minimum Gasteiger partial charge on any atom is -0.458 e. The van der Waals surface area contributed by atoms with E-state index in [9.17, 15) is 19.2 Å².